The van der Waals surface area contributed by atoms with E-state index in [1.54, 1.807) is 7.05 Å². The Labute approximate surface area is 133 Å². The van der Waals surface area contributed by atoms with Gasteiger partial charge in [-0.1, -0.05) is 17.7 Å². The van der Waals surface area contributed by atoms with Crippen LogP contribution >= 0.6 is 11.6 Å². The second-order valence-electron chi connectivity index (χ2n) is 5.66. The highest BCUT2D eigenvalue weighted by Crippen LogP contribution is 2.26. The highest BCUT2D eigenvalue weighted by molar-refractivity contribution is 6.29. The number of halogens is 1. The number of pyridine rings is 1. The minimum Gasteiger partial charge on any atom is -0.336 e. The van der Waals surface area contributed by atoms with Crippen molar-refractivity contribution in [2.75, 3.05) is 25.5 Å². The number of nitrogens with zero attached hydrogens (tertiary/aromatic N) is 4. The molecule has 0 amide bonds. The number of aromatic nitrogens is 3. The molecule has 3 rings (SSSR count). The lowest BCUT2D eigenvalue weighted by atomic mass is 10.0. The van der Waals surface area contributed by atoms with Crippen molar-refractivity contribution in [1.82, 2.24) is 19.7 Å². The van der Waals surface area contributed by atoms with E-state index >= 15 is 0 Å². The third-order valence-electron chi connectivity index (χ3n) is 3.95. The van der Waals surface area contributed by atoms with Gasteiger partial charge in [-0.05, 0) is 37.6 Å². The second kappa shape index (κ2) is 6.06. The van der Waals surface area contributed by atoms with Gasteiger partial charge < -0.3 is 10.2 Å². The van der Waals surface area contributed by atoms with Crippen LogP contribution in [0.25, 0.3) is 0 Å². The van der Waals surface area contributed by atoms with Crippen LogP contribution in [-0.2, 0) is 7.05 Å². The van der Waals surface area contributed by atoms with Gasteiger partial charge in [0, 0.05) is 25.9 Å². The molecule has 7 heteroatoms. The van der Waals surface area contributed by atoms with E-state index in [0.29, 0.717) is 17.4 Å². The van der Waals surface area contributed by atoms with Crippen molar-refractivity contribution in [3.05, 3.63) is 45.5 Å². The molecule has 0 bridgehead atoms. The molecule has 22 heavy (non-hydrogen) atoms. The van der Waals surface area contributed by atoms with Gasteiger partial charge in [0.1, 0.15) is 11.5 Å². The van der Waals surface area contributed by atoms with Crippen molar-refractivity contribution in [3.63, 3.8) is 0 Å². The van der Waals surface area contributed by atoms with Crippen LogP contribution in [-0.4, -0.2) is 39.8 Å². The van der Waals surface area contributed by atoms with Gasteiger partial charge in [-0.3, -0.25) is 4.79 Å². The van der Waals surface area contributed by atoms with Crippen LogP contribution in [0.1, 0.15) is 17.9 Å². The van der Waals surface area contributed by atoms with Gasteiger partial charge in [-0.15, -0.1) is 0 Å². The summed E-state index contributed by atoms with van der Waals surface area (Å²) in [6.45, 7) is 2.19. The molecule has 2 aromatic rings. The lowest BCUT2D eigenvalue weighted by Gasteiger charge is -2.11. The topological polar surface area (TPSA) is 63.1 Å². The van der Waals surface area contributed by atoms with Crippen LogP contribution in [0.2, 0.25) is 5.15 Å². The first kappa shape index (κ1) is 15.0. The number of nitrogens with one attached hydrogen (secondary N) is 1. The molecule has 1 atom stereocenters. The molecule has 0 spiro atoms. The lowest BCUT2D eigenvalue weighted by Crippen LogP contribution is -2.22. The first-order valence-corrected chi connectivity index (χ1v) is 7.56. The predicted octanol–water partition coefficient (Wildman–Crippen LogP) is 1.99. The van der Waals surface area contributed by atoms with E-state index < -0.39 is 0 Å². The van der Waals surface area contributed by atoms with Crippen LogP contribution in [0.15, 0.2) is 29.2 Å². The predicted molar refractivity (Wildman–Crippen MR) is 86.9 cm³/mol. The van der Waals surface area contributed by atoms with Crippen molar-refractivity contribution in [2.45, 2.75) is 12.3 Å². The van der Waals surface area contributed by atoms with Gasteiger partial charge in [0.2, 0.25) is 0 Å². The molecule has 0 radical (unpaired) electrons. The maximum absolute atomic E-state index is 12.0. The van der Waals surface area contributed by atoms with Crippen LogP contribution < -0.4 is 10.9 Å². The Hall–Kier alpha value is -1.92. The molecule has 0 aliphatic carbocycles. The maximum atomic E-state index is 12.0. The van der Waals surface area contributed by atoms with Crippen molar-refractivity contribution < 1.29 is 0 Å². The average Bonchev–Trinajstić information content (AvgIpc) is 2.91. The zero-order valence-electron chi connectivity index (χ0n) is 12.6. The summed E-state index contributed by atoms with van der Waals surface area (Å²) < 4.78 is 1.20. The largest absolute Gasteiger partial charge is 0.336 e. The first-order valence-electron chi connectivity index (χ1n) is 7.18. The molecule has 3 heterocycles. The molecule has 6 nitrogen and oxygen atoms in total. The summed E-state index contributed by atoms with van der Waals surface area (Å²) in [4.78, 5) is 18.7. The van der Waals surface area contributed by atoms with E-state index in [1.165, 1.54) is 16.3 Å². The Kier molecular flexibility index (Phi) is 4.13. The van der Waals surface area contributed by atoms with E-state index in [9.17, 15) is 4.79 Å². The van der Waals surface area contributed by atoms with Gasteiger partial charge in [-0.25, -0.2) is 9.67 Å². The molecule has 1 N–H and O–H groups in total. The fourth-order valence-corrected chi connectivity index (χ4v) is 2.95. The van der Waals surface area contributed by atoms with E-state index in [1.807, 2.05) is 12.3 Å². The lowest BCUT2D eigenvalue weighted by molar-refractivity contribution is 0.411. The van der Waals surface area contributed by atoms with E-state index in [-0.39, 0.29) is 10.7 Å². The standard InChI is InChI=1S/C15H18ClN5O/c1-20-6-5-11(9-20)10-3-4-14(17-8-10)18-12-7-13(16)19-21(2)15(12)22/h3-4,7-8,11H,5-6,9H2,1-2H3,(H,17,18)/t11-/m1/s1. The van der Waals surface area contributed by atoms with Crippen molar-refractivity contribution in [3.8, 4) is 0 Å². The monoisotopic (exact) mass is 319 g/mol. The van der Waals surface area contributed by atoms with E-state index in [4.69, 9.17) is 11.6 Å². The minimum atomic E-state index is -0.243. The highest BCUT2D eigenvalue weighted by atomic mass is 35.5. The Morgan fingerprint density at radius 1 is 1.36 bits per heavy atom. The van der Waals surface area contributed by atoms with Crippen LogP contribution in [0, 0.1) is 0 Å². The highest BCUT2D eigenvalue weighted by Gasteiger charge is 2.21. The molecule has 0 aromatic carbocycles. The Balaban J connectivity index is 1.78. The first-order chi connectivity index (χ1) is 10.5. The number of aryl methyl sites for hydroxylation is 1. The molecule has 1 aliphatic heterocycles. The Morgan fingerprint density at radius 3 is 2.82 bits per heavy atom. The molecular weight excluding hydrogens is 302 g/mol. The Morgan fingerprint density at radius 2 is 2.18 bits per heavy atom. The summed E-state index contributed by atoms with van der Waals surface area (Å²) in [6, 6.07) is 5.46. The summed E-state index contributed by atoms with van der Waals surface area (Å²) in [5.41, 5.74) is 1.35. The van der Waals surface area contributed by atoms with Crippen molar-refractivity contribution in [2.24, 2.45) is 7.05 Å². The van der Waals surface area contributed by atoms with Gasteiger partial charge in [-0.2, -0.15) is 5.10 Å². The summed E-state index contributed by atoms with van der Waals surface area (Å²) >= 11 is 5.88. The second-order valence-corrected chi connectivity index (χ2v) is 6.05. The molecule has 1 aliphatic rings. The van der Waals surface area contributed by atoms with Gasteiger partial charge >= 0.3 is 0 Å². The fourth-order valence-electron chi connectivity index (χ4n) is 2.73. The summed E-state index contributed by atoms with van der Waals surface area (Å²) in [6.07, 6.45) is 3.03. The molecule has 116 valence electrons. The minimum absolute atomic E-state index is 0.243. The number of likely N-dealkylation sites (tertiary alicyclic amines) is 1. The van der Waals surface area contributed by atoms with E-state index in [2.05, 4.69) is 33.4 Å². The molecular formula is C15H18ClN5O. The van der Waals surface area contributed by atoms with Gasteiger partial charge in [0.25, 0.3) is 5.56 Å². The van der Waals surface area contributed by atoms with Gasteiger partial charge in [0.15, 0.2) is 5.15 Å². The zero-order chi connectivity index (χ0) is 15.7. The fraction of sp³-hybridized carbons (Fsp3) is 0.400. The quantitative estimate of drug-likeness (QED) is 0.937. The summed E-state index contributed by atoms with van der Waals surface area (Å²) in [5.74, 6) is 1.16. The molecule has 2 aromatic heterocycles. The third-order valence-corrected chi connectivity index (χ3v) is 4.13. The maximum Gasteiger partial charge on any atom is 0.290 e. The SMILES string of the molecule is CN1CC[C@@H](c2ccc(Nc3cc(Cl)nn(C)c3=O)nc2)C1. The zero-order valence-corrected chi connectivity index (χ0v) is 13.3. The number of hydrogen-bond donors (Lipinski definition) is 1. The summed E-state index contributed by atoms with van der Waals surface area (Å²) in [7, 11) is 3.69. The smallest absolute Gasteiger partial charge is 0.290 e. The molecule has 0 saturated carbocycles. The van der Waals surface area contributed by atoms with Crippen LogP contribution in [0.3, 0.4) is 0 Å². The van der Waals surface area contributed by atoms with Crippen LogP contribution in [0.4, 0.5) is 11.5 Å². The number of likely N-dealkylation sites (N-methyl/N-ethyl adjacent to an activating group) is 1. The molecule has 1 saturated heterocycles. The third kappa shape index (κ3) is 3.13. The summed E-state index contributed by atoms with van der Waals surface area (Å²) in [5, 5.41) is 7.11. The average molecular weight is 320 g/mol. The van der Waals surface area contributed by atoms with E-state index in [0.717, 1.165) is 19.5 Å². The van der Waals surface area contributed by atoms with Crippen molar-refractivity contribution in [1.29, 1.82) is 0 Å². The van der Waals surface area contributed by atoms with Gasteiger partial charge in [0.05, 0.1) is 0 Å². The number of rotatable bonds is 3. The molecule has 1 fully saturated rings. The number of hydrogen-bond acceptors (Lipinski definition) is 5. The number of anilines is 2. The Bertz CT molecular complexity index is 728. The normalized spacial score (nSPS) is 18.6. The molecule has 0 unspecified atom stereocenters. The van der Waals surface area contributed by atoms with Crippen molar-refractivity contribution >= 4 is 23.1 Å². The van der Waals surface area contributed by atoms with Crippen LogP contribution in [0.5, 0.6) is 0 Å².